The molecule has 6 unspecified atom stereocenters. The molecule has 12 nitrogen and oxygen atoms in total. The molecule has 1 aliphatic rings. The number of aliphatic hydroxyl groups excluding tert-OH is 2. The zero-order valence-electron chi connectivity index (χ0n) is 47.5. The molecule has 0 aromatic carbocycles. The number of allylic oxidation sites excluding steroid dienone is 10. The van der Waals surface area contributed by atoms with E-state index >= 15 is 0 Å². The summed E-state index contributed by atoms with van der Waals surface area (Å²) in [6.45, 7) is 5.81. The number of hydrogen-bond donors (Lipinski definition) is 3. The van der Waals surface area contributed by atoms with Crippen LogP contribution < -0.4 is 0 Å². The Labute approximate surface area is 456 Å². The first-order valence-electron chi connectivity index (χ1n) is 30.3. The minimum atomic E-state index is -1.91. The number of carboxylic acids is 1. The molecule has 12 heteroatoms. The topological polar surface area (TPSA) is 175 Å². The van der Waals surface area contributed by atoms with Crippen LogP contribution in [-0.2, 0) is 42.9 Å². The van der Waals surface area contributed by atoms with Crippen LogP contribution in [0.2, 0.25) is 0 Å². The largest absolute Gasteiger partial charge is 0.479 e. The van der Waals surface area contributed by atoms with Gasteiger partial charge in [0.1, 0.15) is 18.8 Å². The Morgan fingerprint density at radius 3 is 1.35 bits per heavy atom. The lowest BCUT2D eigenvalue weighted by Crippen LogP contribution is -2.61. The van der Waals surface area contributed by atoms with Crippen molar-refractivity contribution >= 4 is 23.9 Å². The van der Waals surface area contributed by atoms with Crippen molar-refractivity contribution in [2.75, 3.05) is 13.2 Å². The summed E-state index contributed by atoms with van der Waals surface area (Å²) in [4.78, 5) is 51.1. The van der Waals surface area contributed by atoms with Crippen molar-refractivity contribution in [1.82, 2.24) is 0 Å². The van der Waals surface area contributed by atoms with Gasteiger partial charge in [-0.15, -0.1) is 0 Å². The van der Waals surface area contributed by atoms with Crippen molar-refractivity contribution in [3.8, 4) is 0 Å². The summed E-state index contributed by atoms with van der Waals surface area (Å²) in [7, 11) is 0. The molecule has 0 amide bonds. The van der Waals surface area contributed by atoms with Gasteiger partial charge in [0.2, 0.25) is 0 Å². The summed E-state index contributed by atoms with van der Waals surface area (Å²) in [5.41, 5.74) is 0. The van der Waals surface area contributed by atoms with Gasteiger partial charge in [-0.05, 0) is 70.6 Å². The average molecular weight is 1060 g/mol. The first-order valence-corrected chi connectivity index (χ1v) is 30.3. The number of carboxylic acid groups (broad SMARTS) is 1. The molecule has 0 saturated carbocycles. The van der Waals surface area contributed by atoms with Crippen LogP contribution in [0.15, 0.2) is 60.8 Å². The maximum absolute atomic E-state index is 13.1. The van der Waals surface area contributed by atoms with Gasteiger partial charge >= 0.3 is 23.9 Å². The van der Waals surface area contributed by atoms with E-state index in [9.17, 15) is 34.5 Å². The van der Waals surface area contributed by atoms with E-state index in [1.807, 2.05) is 12.2 Å². The van der Waals surface area contributed by atoms with Crippen molar-refractivity contribution < 1.29 is 58.2 Å². The van der Waals surface area contributed by atoms with Crippen LogP contribution in [0.25, 0.3) is 0 Å². The lowest BCUT2D eigenvalue weighted by atomic mass is 9.98. The third-order valence-corrected chi connectivity index (χ3v) is 13.6. The fourth-order valence-electron chi connectivity index (χ4n) is 8.97. The molecule has 3 N–H and O–H groups in total. The van der Waals surface area contributed by atoms with Crippen LogP contribution >= 0.6 is 0 Å². The van der Waals surface area contributed by atoms with Gasteiger partial charge in [0.05, 0.1) is 6.61 Å². The number of rotatable bonds is 51. The second-order valence-corrected chi connectivity index (χ2v) is 20.6. The lowest BCUT2D eigenvalue weighted by Gasteiger charge is -2.40. The molecule has 0 radical (unpaired) electrons. The van der Waals surface area contributed by atoms with Crippen LogP contribution in [0.5, 0.6) is 0 Å². The molecule has 0 bridgehead atoms. The quantitative estimate of drug-likeness (QED) is 0.0228. The molecular weight excluding hydrogens is 949 g/mol. The van der Waals surface area contributed by atoms with E-state index in [1.165, 1.54) is 122 Å². The Morgan fingerprint density at radius 1 is 0.453 bits per heavy atom. The molecule has 0 aromatic heterocycles. The summed E-state index contributed by atoms with van der Waals surface area (Å²) in [5, 5.41) is 31.4. The molecule has 1 saturated heterocycles. The molecular formula is C63H108O12. The smallest absolute Gasteiger partial charge is 0.335 e. The summed E-state index contributed by atoms with van der Waals surface area (Å²) in [6, 6.07) is 0. The minimum Gasteiger partial charge on any atom is -0.479 e. The van der Waals surface area contributed by atoms with Gasteiger partial charge in [0.15, 0.2) is 24.6 Å². The number of aliphatic carboxylic acids is 1. The molecule has 75 heavy (non-hydrogen) atoms. The number of carbonyl (C=O) groups excluding carboxylic acids is 3. The van der Waals surface area contributed by atoms with Gasteiger partial charge in [-0.3, -0.25) is 14.4 Å². The standard InChI is InChI=1S/C63H108O12/c1-4-7-10-13-16-19-22-25-26-27-28-29-30-33-34-37-40-43-46-49-55(64)71-52-54(73-56(65)50-47-44-41-38-35-31-23-20-17-14-11-8-5-2)53-72-63-61(59(68)58(67)60(75-63)62(69)70)74-57(66)51-48-45-42-39-36-32-24-21-18-15-12-9-6-3/h8,11,17,20-21,24,31,35,41,44,54,58-61,63,67-68H,4-7,9-10,12-16,18-19,22-23,25-30,32-34,36-40,42-43,45-53H2,1-3H3,(H,69,70)/b11-8-,20-17-,24-21-,35-31-,44-41-. The number of carbonyl (C=O) groups is 4. The normalized spacial score (nSPS) is 18.5. The lowest BCUT2D eigenvalue weighted by molar-refractivity contribution is -0.301. The highest BCUT2D eigenvalue weighted by molar-refractivity contribution is 5.74. The molecule has 1 rings (SSSR count). The van der Waals surface area contributed by atoms with E-state index in [0.717, 1.165) is 77.0 Å². The zero-order chi connectivity index (χ0) is 54.7. The summed E-state index contributed by atoms with van der Waals surface area (Å²) < 4.78 is 28.3. The van der Waals surface area contributed by atoms with Crippen LogP contribution in [0.3, 0.4) is 0 Å². The van der Waals surface area contributed by atoms with E-state index in [4.69, 9.17) is 23.7 Å². The van der Waals surface area contributed by atoms with E-state index in [1.54, 1.807) is 0 Å². The van der Waals surface area contributed by atoms with E-state index < -0.39 is 67.3 Å². The predicted molar refractivity (Wildman–Crippen MR) is 303 cm³/mol. The van der Waals surface area contributed by atoms with Crippen molar-refractivity contribution in [3.05, 3.63) is 60.8 Å². The van der Waals surface area contributed by atoms with Crippen LogP contribution in [0.4, 0.5) is 0 Å². The fraction of sp³-hybridized carbons (Fsp3) is 0.778. The van der Waals surface area contributed by atoms with E-state index in [0.29, 0.717) is 25.7 Å². The Kier molecular flexibility index (Phi) is 47.4. The number of unbranched alkanes of at least 4 members (excludes halogenated alkanes) is 27. The second-order valence-electron chi connectivity index (χ2n) is 20.6. The average Bonchev–Trinajstić information content (AvgIpc) is 3.39. The third-order valence-electron chi connectivity index (χ3n) is 13.6. The number of ether oxygens (including phenoxy) is 5. The SMILES string of the molecule is CC/C=C\C/C=C\C/C=C\C/C=C\CCC(=O)OC(COC(=O)CCCCCCCCCCCCCCCCCCCCC)COC1OC(C(=O)O)C(O)C(O)C1OC(=O)CCCCCCC/C=C\CCCCCC. The van der Waals surface area contributed by atoms with Gasteiger partial charge in [0.25, 0.3) is 0 Å². The summed E-state index contributed by atoms with van der Waals surface area (Å²) in [5.74, 6) is -3.23. The molecule has 1 aliphatic heterocycles. The van der Waals surface area contributed by atoms with Crippen molar-refractivity contribution in [2.45, 2.75) is 302 Å². The highest BCUT2D eigenvalue weighted by Gasteiger charge is 2.50. The maximum atomic E-state index is 13.1. The number of esters is 3. The van der Waals surface area contributed by atoms with Crippen molar-refractivity contribution in [2.24, 2.45) is 0 Å². The number of aliphatic hydroxyl groups is 2. The van der Waals surface area contributed by atoms with E-state index in [-0.39, 0.29) is 25.9 Å². The van der Waals surface area contributed by atoms with Crippen LogP contribution in [-0.4, -0.2) is 89.2 Å². The molecule has 6 atom stereocenters. The molecule has 0 aliphatic carbocycles. The van der Waals surface area contributed by atoms with Gasteiger partial charge < -0.3 is 39.0 Å². The fourth-order valence-corrected chi connectivity index (χ4v) is 8.97. The monoisotopic (exact) mass is 1060 g/mol. The molecule has 432 valence electrons. The Bertz CT molecular complexity index is 1540. The van der Waals surface area contributed by atoms with Gasteiger partial charge in [0, 0.05) is 19.3 Å². The van der Waals surface area contributed by atoms with Crippen LogP contribution in [0.1, 0.15) is 265 Å². The second kappa shape index (κ2) is 51.2. The van der Waals surface area contributed by atoms with Crippen molar-refractivity contribution in [1.29, 1.82) is 0 Å². The summed E-state index contributed by atoms with van der Waals surface area (Å²) >= 11 is 0. The molecule has 0 spiro atoms. The predicted octanol–water partition coefficient (Wildman–Crippen LogP) is 15.6. The highest BCUT2D eigenvalue weighted by atomic mass is 16.7. The van der Waals surface area contributed by atoms with Gasteiger partial charge in [-0.25, -0.2) is 4.79 Å². The first kappa shape index (κ1) is 69.4. The zero-order valence-corrected chi connectivity index (χ0v) is 47.5. The molecule has 1 fully saturated rings. The first-order chi connectivity index (χ1) is 36.6. The molecule has 0 aromatic rings. The Hall–Kier alpha value is -3.58. The van der Waals surface area contributed by atoms with Gasteiger partial charge in [-0.1, -0.05) is 236 Å². The van der Waals surface area contributed by atoms with Gasteiger partial charge in [-0.2, -0.15) is 0 Å². The Balaban J connectivity index is 2.68. The molecule has 1 heterocycles. The third kappa shape index (κ3) is 41.2. The summed E-state index contributed by atoms with van der Waals surface area (Å²) in [6.07, 6.45) is 50.8. The number of hydrogen-bond acceptors (Lipinski definition) is 11. The van der Waals surface area contributed by atoms with Crippen LogP contribution in [0, 0.1) is 0 Å². The van der Waals surface area contributed by atoms with E-state index in [2.05, 4.69) is 69.4 Å². The minimum absolute atomic E-state index is 0.0421. The van der Waals surface area contributed by atoms with Crippen molar-refractivity contribution in [3.63, 3.8) is 0 Å². The highest BCUT2D eigenvalue weighted by Crippen LogP contribution is 2.26. The Morgan fingerprint density at radius 2 is 0.867 bits per heavy atom. The maximum Gasteiger partial charge on any atom is 0.335 e.